The number of nitrogens with zero attached hydrogens (tertiary/aromatic N) is 1. The largest absolute Gasteiger partial charge is 0.379 e. The lowest BCUT2D eigenvalue weighted by molar-refractivity contribution is -0.148. The van der Waals surface area contributed by atoms with Gasteiger partial charge in [-0.15, -0.1) is 0 Å². The van der Waals surface area contributed by atoms with Crippen molar-refractivity contribution in [1.29, 1.82) is 0 Å². The van der Waals surface area contributed by atoms with Gasteiger partial charge in [-0.3, -0.25) is 9.59 Å². The van der Waals surface area contributed by atoms with Crippen LogP contribution in [-0.4, -0.2) is 61.1 Å². The van der Waals surface area contributed by atoms with Crippen molar-refractivity contribution in [1.82, 2.24) is 15.5 Å². The number of ether oxygens (including phenoxy) is 1. The van der Waals surface area contributed by atoms with Gasteiger partial charge in [0.25, 0.3) is 0 Å². The van der Waals surface area contributed by atoms with Crippen molar-refractivity contribution in [2.75, 3.05) is 20.7 Å². The number of piperidine rings is 2. The van der Waals surface area contributed by atoms with E-state index in [0.29, 0.717) is 41.7 Å². The first-order valence-electron chi connectivity index (χ1n) is 14.0. The van der Waals surface area contributed by atoms with Crippen LogP contribution in [0.3, 0.4) is 0 Å². The summed E-state index contributed by atoms with van der Waals surface area (Å²) in [4.78, 5) is 28.8. The minimum atomic E-state index is -0.179. The molecule has 34 heavy (non-hydrogen) atoms. The second-order valence-corrected chi connectivity index (χ2v) is 12.7. The molecule has 4 aliphatic rings. The Bertz CT molecular complexity index is 740. The van der Waals surface area contributed by atoms with Crippen LogP contribution in [-0.2, 0) is 14.3 Å². The predicted octanol–water partition coefficient (Wildman–Crippen LogP) is 3.98. The average molecular weight is 476 g/mol. The Kier molecular flexibility index (Phi) is 7.98. The topological polar surface area (TPSA) is 70.7 Å². The molecule has 2 amide bonds. The van der Waals surface area contributed by atoms with Gasteiger partial charge in [0.15, 0.2) is 0 Å². The van der Waals surface area contributed by atoms with Crippen LogP contribution >= 0.6 is 0 Å². The zero-order chi connectivity index (χ0) is 24.6. The smallest absolute Gasteiger partial charge is 0.225 e. The van der Waals surface area contributed by atoms with Crippen LogP contribution in [0.4, 0.5) is 0 Å². The third kappa shape index (κ3) is 5.33. The van der Waals surface area contributed by atoms with Gasteiger partial charge in [-0.2, -0.15) is 0 Å². The maximum atomic E-state index is 13.5. The molecular weight excluding hydrogens is 426 g/mol. The highest BCUT2D eigenvalue weighted by atomic mass is 16.5. The van der Waals surface area contributed by atoms with E-state index in [0.717, 1.165) is 64.3 Å². The number of amides is 2. The molecular formula is C28H49N3O3. The lowest BCUT2D eigenvalue weighted by atomic mass is 9.65. The molecule has 2 N–H and O–H groups in total. The summed E-state index contributed by atoms with van der Waals surface area (Å²) in [5.41, 5.74) is -0.179. The Morgan fingerprint density at radius 1 is 1.09 bits per heavy atom. The van der Waals surface area contributed by atoms with Gasteiger partial charge in [-0.25, -0.2) is 0 Å². The van der Waals surface area contributed by atoms with Gasteiger partial charge < -0.3 is 20.3 Å². The molecule has 2 saturated heterocycles. The van der Waals surface area contributed by atoms with E-state index in [1.807, 2.05) is 7.05 Å². The molecule has 0 aromatic rings. The lowest BCUT2D eigenvalue weighted by Crippen LogP contribution is -2.60. The molecule has 0 aromatic heterocycles. The van der Waals surface area contributed by atoms with E-state index in [9.17, 15) is 9.59 Å². The lowest BCUT2D eigenvalue weighted by Gasteiger charge is -2.50. The van der Waals surface area contributed by atoms with E-state index < -0.39 is 0 Å². The summed E-state index contributed by atoms with van der Waals surface area (Å²) in [5.74, 6) is 2.63. The molecule has 0 aromatic carbocycles. The van der Waals surface area contributed by atoms with Gasteiger partial charge in [0.2, 0.25) is 11.8 Å². The quantitative estimate of drug-likeness (QED) is 0.631. The molecule has 0 bridgehead atoms. The molecule has 2 aliphatic carbocycles. The molecule has 6 nitrogen and oxygen atoms in total. The van der Waals surface area contributed by atoms with Gasteiger partial charge in [-0.1, -0.05) is 13.3 Å². The first-order chi connectivity index (χ1) is 16.1. The summed E-state index contributed by atoms with van der Waals surface area (Å²) in [6.45, 7) is 9.86. The summed E-state index contributed by atoms with van der Waals surface area (Å²) in [6, 6.07) is 1.06. The molecule has 2 saturated carbocycles. The molecule has 0 spiro atoms. The number of nitrogens with one attached hydrogen (secondary N) is 2. The van der Waals surface area contributed by atoms with Gasteiger partial charge in [0.05, 0.1) is 5.60 Å². The van der Waals surface area contributed by atoms with Crippen molar-refractivity contribution in [2.45, 2.75) is 109 Å². The van der Waals surface area contributed by atoms with E-state index >= 15 is 0 Å². The standard InChI is InChI=1S/C28H49N3O3/c1-17-10-11-22(30-26(32)19-8-7-9-21(13-19)28(3,4)34-6)15-23(17)24-14-20-16-29-18(2)12-25(20)31(5)27(24)33/h17-25,29H,7-16H2,1-6H3,(H,30,32). The Balaban J connectivity index is 1.37. The number of rotatable bonds is 5. The van der Waals surface area contributed by atoms with Crippen LogP contribution in [0.1, 0.15) is 85.5 Å². The molecule has 4 rings (SSSR count). The maximum Gasteiger partial charge on any atom is 0.225 e. The molecule has 2 aliphatic heterocycles. The highest BCUT2D eigenvalue weighted by molar-refractivity contribution is 5.80. The van der Waals surface area contributed by atoms with Gasteiger partial charge in [0, 0.05) is 50.7 Å². The first kappa shape index (κ1) is 25.9. The molecule has 194 valence electrons. The van der Waals surface area contributed by atoms with E-state index in [4.69, 9.17) is 4.74 Å². The van der Waals surface area contributed by atoms with Crippen LogP contribution in [0.15, 0.2) is 0 Å². The molecule has 9 unspecified atom stereocenters. The van der Waals surface area contributed by atoms with Crippen molar-refractivity contribution in [2.24, 2.45) is 35.5 Å². The normalized spacial score (nSPS) is 41.6. The number of carbonyl (C=O) groups excluding carboxylic acids is 2. The highest BCUT2D eigenvalue weighted by Gasteiger charge is 2.47. The van der Waals surface area contributed by atoms with Crippen LogP contribution in [0.2, 0.25) is 0 Å². The van der Waals surface area contributed by atoms with Crippen molar-refractivity contribution in [3.05, 3.63) is 0 Å². The minimum Gasteiger partial charge on any atom is -0.379 e. The van der Waals surface area contributed by atoms with E-state index in [-0.39, 0.29) is 29.4 Å². The Morgan fingerprint density at radius 2 is 1.85 bits per heavy atom. The fraction of sp³-hybridized carbons (Fsp3) is 0.929. The zero-order valence-corrected chi connectivity index (χ0v) is 22.4. The third-order valence-corrected chi connectivity index (χ3v) is 10.3. The van der Waals surface area contributed by atoms with Gasteiger partial charge in [-0.05, 0) is 95.8 Å². The number of methoxy groups -OCH3 is 1. The summed E-state index contributed by atoms with van der Waals surface area (Å²) < 4.78 is 5.74. The number of carbonyl (C=O) groups is 2. The second kappa shape index (κ2) is 10.5. The number of fused-ring (bicyclic) bond motifs is 1. The van der Waals surface area contributed by atoms with E-state index in [1.54, 1.807) is 7.11 Å². The van der Waals surface area contributed by atoms with E-state index in [1.165, 1.54) is 0 Å². The monoisotopic (exact) mass is 475 g/mol. The summed E-state index contributed by atoms with van der Waals surface area (Å²) in [6.07, 6.45) is 9.26. The Hall–Kier alpha value is -1.14. The van der Waals surface area contributed by atoms with Crippen molar-refractivity contribution in [3.8, 4) is 0 Å². The summed E-state index contributed by atoms with van der Waals surface area (Å²) in [5, 5.41) is 7.08. The average Bonchev–Trinajstić information content (AvgIpc) is 2.83. The first-order valence-corrected chi connectivity index (χ1v) is 14.0. The zero-order valence-electron chi connectivity index (χ0n) is 22.4. The van der Waals surface area contributed by atoms with E-state index in [2.05, 4.69) is 43.2 Å². The van der Waals surface area contributed by atoms with Crippen molar-refractivity contribution in [3.63, 3.8) is 0 Å². The second-order valence-electron chi connectivity index (χ2n) is 12.7. The van der Waals surface area contributed by atoms with Gasteiger partial charge in [0.1, 0.15) is 0 Å². The maximum absolute atomic E-state index is 13.5. The molecule has 2 heterocycles. The van der Waals surface area contributed by atoms with Crippen molar-refractivity contribution >= 4 is 11.8 Å². The third-order valence-electron chi connectivity index (χ3n) is 10.3. The Morgan fingerprint density at radius 3 is 2.59 bits per heavy atom. The van der Waals surface area contributed by atoms with Crippen LogP contribution in [0.25, 0.3) is 0 Å². The van der Waals surface area contributed by atoms with Crippen LogP contribution in [0.5, 0.6) is 0 Å². The van der Waals surface area contributed by atoms with Gasteiger partial charge >= 0.3 is 0 Å². The fourth-order valence-corrected chi connectivity index (χ4v) is 7.65. The number of likely N-dealkylation sites (tertiary alicyclic amines) is 1. The summed E-state index contributed by atoms with van der Waals surface area (Å²) >= 11 is 0. The highest BCUT2D eigenvalue weighted by Crippen LogP contribution is 2.43. The molecule has 0 radical (unpaired) electrons. The predicted molar refractivity (Wildman–Crippen MR) is 135 cm³/mol. The summed E-state index contributed by atoms with van der Waals surface area (Å²) in [7, 11) is 3.81. The number of hydrogen-bond acceptors (Lipinski definition) is 4. The molecule has 6 heteroatoms. The number of hydrogen-bond donors (Lipinski definition) is 2. The fourth-order valence-electron chi connectivity index (χ4n) is 7.65. The van der Waals surface area contributed by atoms with Crippen molar-refractivity contribution < 1.29 is 14.3 Å². The molecule has 4 fully saturated rings. The Labute approximate surface area is 207 Å². The van der Waals surface area contributed by atoms with Crippen LogP contribution < -0.4 is 10.6 Å². The van der Waals surface area contributed by atoms with Crippen LogP contribution in [0, 0.1) is 35.5 Å². The molecule has 9 atom stereocenters. The minimum absolute atomic E-state index is 0.0875. The SMILES string of the molecule is COC(C)(C)C1CCCC(C(=O)NC2CCC(C)C(C3CC4CNC(C)CC4N(C)C3=O)C2)C1.